The molecule has 0 aliphatic carbocycles. The van der Waals surface area contributed by atoms with Gasteiger partial charge in [0.15, 0.2) is 23.0 Å². The smallest absolute Gasteiger partial charge is 0.222 e. The zero-order valence-electron chi connectivity index (χ0n) is 27.3. The summed E-state index contributed by atoms with van der Waals surface area (Å²) < 4.78 is 40.0. The fraction of sp³-hybridized carbons (Fsp3) is 0.500. The van der Waals surface area contributed by atoms with Crippen LogP contribution in [0.3, 0.4) is 0 Å². The van der Waals surface area contributed by atoms with Crippen LogP contribution in [0.5, 0.6) is 23.0 Å². The fourth-order valence-electron chi connectivity index (χ4n) is 3.64. The highest BCUT2D eigenvalue weighted by Gasteiger charge is 2.13. The van der Waals surface area contributed by atoms with Crippen molar-refractivity contribution in [1.82, 2.24) is 15.5 Å². The molecular formula is C28H44Cl2N4O6. The van der Waals surface area contributed by atoms with Crippen molar-refractivity contribution in [2.24, 2.45) is 5.73 Å². The SMILES string of the molecule is Cl.Cl.[2H]C(C([2H])([2H])N)C([2H])([2H])N(CCCCNCCCNC(=O)CCc1ccc(O)c(O)c1)C(=O)CCc1ccc(O)c(O)c1. The van der Waals surface area contributed by atoms with Crippen LogP contribution in [0.2, 0.25) is 0 Å². The van der Waals surface area contributed by atoms with Crippen LogP contribution in [0.1, 0.15) is 56.5 Å². The third-order valence-corrected chi connectivity index (χ3v) is 5.79. The van der Waals surface area contributed by atoms with E-state index < -0.39 is 25.3 Å². The van der Waals surface area contributed by atoms with Gasteiger partial charge in [-0.15, -0.1) is 24.8 Å². The molecule has 0 saturated heterocycles. The van der Waals surface area contributed by atoms with Crippen LogP contribution < -0.4 is 16.4 Å². The number of unbranched alkanes of at least 4 members (excludes halogenated alkanes) is 1. The first kappa shape index (κ1) is 28.6. The molecule has 0 heterocycles. The van der Waals surface area contributed by atoms with Crippen molar-refractivity contribution in [3.8, 4) is 23.0 Å². The Balaban J connectivity index is 0.00000968. The molecule has 0 fully saturated rings. The number of carbonyl (C=O) groups is 2. The van der Waals surface area contributed by atoms with Gasteiger partial charge in [0.1, 0.15) is 0 Å². The van der Waals surface area contributed by atoms with E-state index in [1.165, 1.54) is 30.3 Å². The Kier molecular flexibility index (Phi) is 15.0. The second kappa shape index (κ2) is 20.9. The maximum absolute atomic E-state index is 13.1. The van der Waals surface area contributed by atoms with Gasteiger partial charge in [0.25, 0.3) is 0 Å². The molecule has 0 aliphatic rings. The summed E-state index contributed by atoms with van der Waals surface area (Å²) in [6.07, 6.45) is 0.190. The van der Waals surface area contributed by atoms with E-state index >= 15 is 0 Å². The third-order valence-electron chi connectivity index (χ3n) is 5.79. The number of nitrogens with one attached hydrogen (secondary N) is 2. The minimum atomic E-state index is -2.68. The number of hydrogen-bond acceptors (Lipinski definition) is 8. The van der Waals surface area contributed by atoms with Gasteiger partial charge in [-0.05, 0) is 93.5 Å². The number of halogens is 2. The molecule has 226 valence electrons. The summed E-state index contributed by atoms with van der Waals surface area (Å²) in [6, 6.07) is 8.53. The summed E-state index contributed by atoms with van der Waals surface area (Å²) in [5.41, 5.74) is 6.64. The molecule has 10 nitrogen and oxygen atoms in total. The molecule has 0 saturated carbocycles. The van der Waals surface area contributed by atoms with Crippen LogP contribution >= 0.6 is 24.8 Å². The standard InChI is InChI=1S/C28H42N4O6.2ClH/c29-13-3-18-32(28(38)12-8-22-6-10-24(34)26(36)20-22)17-2-1-14-30-15-4-16-31-27(37)11-7-21-5-9-23(33)25(35)19-21;;/h5-6,9-10,19-20,30,33-36H,1-4,7-8,11-18,29H2,(H,31,37);2*1H/i3D,13D2,18D2;;. The maximum Gasteiger partial charge on any atom is 0.222 e. The van der Waals surface area contributed by atoms with Crippen molar-refractivity contribution in [3.05, 3.63) is 47.5 Å². The lowest BCUT2D eigenvalue weighted by Crippen LogP contribution is -2.34. The molecule has 40 heavy (non-hydrogen) atoms. The average Bonchev–Trinajstić information content (AvgIpc) is 2.94. The molecule has 2 aromatic rings. The van der Waals surface area contributed by atoms with Crippen molar-refractivity contribution >= 4 is 36.6 Å². The molecule has 2 aromatic carbocycles. The van der Waals surface area contributed by atoms with Gasteiger partial charge >= 0.3 is 0 Å². The molecule has 0 aromatic heterocycles. The number of carbonyl (C=O) groups excluding carboxylic acids is 2. The summed E-state index contributed by atoms with van der Waals surface area (Å²) in [6.45, 7) is -3.80. The highest BCUT2D eigenvalue weighted by molar-refractivity contribution is 5.85. The van der Waals surface area contributed by atoms with E-state index in [1.54, 1.807) is 6.07 Å². The van der Waals surface area contributed by atoms with Crippen molar-refractivity contribution in [2.45, 2.75) is 51.3 Å². The minimum absolute atomic E-state index is 0. The van der Waals surface area contributed by atoms with Crippen molar-refractivity contribution in [1.29, 1.82) is 0 Å². The van der Waals surface area contributed by atoms with Crippen molar-refractivity contribution in [3.63, 3.8) is 0 Å². The Bertz CT molecular complexity index is 1230. The summed E-state index contributed by atoms with van der Waals surface area (Å²) in [4.78, 5) is 25.9. The third kappa shape index (κ3) is 14.5. The van der Waals surface area contributed by atoms with Crippen LogP contribution in [-0.2, 0) is 22.4 Å². The zero-order valence-corrected chi connectivity index (χ0v) is 23.9. The second-order valence-corrected chi connectivity index (χ2v) is 8.79. The van der Waals surface area contributed by atoms with Gasteiger partial charge < -0.3 is 41.7 Å². The number of hydrogen-bond donors (Lipinski definition) is 7. The van der Waals surface area contributed by atoms with E-state index in [4.69, 9.17) is 12.6 Å². The molecule has 1 unspecified atom stereocenters. The molecule has 1 atom stereocenters. The number of amides is 2. The number of nitrogens with zero attached hydrogens (tertiary/aromatic N) is 1. The van der Waals surface area contributed by atoms with E-state index in [2.05, 4.69) is 10.6 Å². The number of phenols is 4. The number of aryl methyl sites for hydroxylation is 2. The molecule has 0 radical (unpaired) electrons. The van der Waals surface area contributed by atoms with E-state index in [1.807, 2.05) is 0 Å². The van der Waals surface area contributed by atoms with E-state index in [0.29, 0.717) is 50.9 Å². The lowest BCUT2D eigenvalue weighted by atomic mass is 10.1. The van der Waals surface area contributed by atoms with E-state index in [9.17, 15) is 30.0 Å². The molecule has 0 bridgehead atoms. The van der Waals surface area contributed by atoms with Crippen LogP contribution in [-0.4, -0.2) is 76.3 Å². The first-order chi connectivity index (χ1) is 20.1. The summed E-state index contributed by atoms with van der Waals surface area (Å²) in [5, 5.41) is 44.0. The van der Waals surface area contributed by atoms with Gasteiger partial charge in [-0.3, -0.25) is 9.59 Å². The second-order valence-electron chi connectivity index (χ2n) is 8.79. The van der Waals surface area contributed by atoms with Gasteiger partial charge in [0.2, 0.25) is 11.8 Å². The molecule has 2 amide bonds. The van der Waals surface area contributed by atoms with Crippen molar-refractivity contribution in [2.75, 3.05) is 39.2 Å². The Hall–Kier alpha value is -2.92. The quantitative estimate of drug-likeness (QED) is 0.100. The predicted molar refractivity (Wildman–Crippen MR) is 161 cm³/mol. The van der Waals surface area contributed by atoms with Crippen LogP contribution in [0.25, 0.3) is 0 Å². The zero-order chi connectivity index (χ0) is 32.2. The number of benzene rings is 2. The van der Waals surface area contributed by atoms with Crippen molar-refractivity contribution < 1.29 is 36.9 Å². The van der Waals surface area contributed by atoms with Crippen LogP contribution in [0.15, 0.2) is 36.4 Å². The van der Waals surface area contributed by atoms with Gasteiger partial charge in [-0.2, -0.15) is 0 Å². The Labute approximate surface area is 255 Å². The number of aromatic hydroxyl groups is 4. The van der Waals surface area contributed by atoms with Gasteiger partial charge in [0, 0.05) is 39.3 Å². The Morgan fingerprint density at radius 3 is 1.95 bits per heavy atom. The predicted octanol–water partition coefficient (Wildman–Crippen LogP) is 2.97. The topological polar surface area (TPSA) is 168 Å². The summed E-state index contributed by atoms with van der Waals surface area (Å²) in [5.74, 6) is -1.86. The number of nitrogens with two attached hydrogens (primary N) is 1. The van der Waals surface area contributed by atoms with E-state index in [0.717, 1.165) is 10.5 Å². The Morgan fingerprint density at radius 2 is 1.38 bits per heavy atom. The number of phenolic OH excluding ortho intramolecular Hbond substituents is 4. The monoisotopic (exact) mass is 607 g/mol. The fourth-order valence-corrected chi connectivity index (χ4v) is 3.64. The number of rotatable bonds is 18. The molecule has 8 N–H and O–H groups in total. The van der Waals surface area contributed by atoms with Gasteiger partial charge in [-0.1, -0.05) is 12.1 Å². The van der Waals surface area contributed by atoms with E-state index in [-0.39, 0.29) is 79.5 Å². The summed E-state index contributed by atoms with van der Waals surface area (Å²) in [7, 11) is 0. The first-order valence-corrected chi connectivity index (χ1v) is 12.6. The van der Waals surface area contributed by atoms with Crippen LogP contribution in [0.4, 0.5) is 0 Å². The highest BCUT2D eigenvalue weighted by Crippen LogP contribution is 2.26. The molecule has 2 rings (SSSR count). The molecule has 12 heteroatoms. The lowest BCUT2D eigenvalue weighted by molar-refractivity contribution is -0.131. The summed E-state index contributed by atoms with van der Waals surface area (Å²) >= 11 is 0. The molecule has 0 spiro atoms. The van der Waals surface area contributed by atoms with Crippen LogP contribution in [0, 0.1) is 0 Å². The maximum atomic E-state index is 13.1. The average molecular weight is 609 g/mol. The lowest BCUT2D eigenvalue weighted by Gasteiger charge is -2.23. The first-order valence-electron chi connectivity index (χ1n) is 15.2. The van der Waals surface area contributed by atoms with Gasteiger partial charge in [-0.25, -0.2) is 0 Å². The minimum Gasteiger partial charge on any atom is -0.504 e. The normalized spacial score (nSPS) is 13.7. The van der Waals surface area contributed by atoms with Gasteiger partial charge in [0.05, 0.1) is 0 Å². The molecule has 0 aliphatic heterocycles. The Morgan fingerprint density at radius 1 is 0.800 bits per heavy atom. The largest absolute Gasteiger partial charge is 0.504 e. The highest BCUT2D eigenvalue weighted by atomic mass is 35.5. The molecular weight excluding hydrogens is 559 g/mol.